The summed E-state index contributed by atoms with van der Waals surface area (Å²) in [5, 5.41) is 51.3. The lowest BCUT2D eigenvalue weighted by atomic mass is 9.99. The minimum Gasteiger partial charge on any atom is -0.457 e. The van der Waals surface area contributed by atoms with Crippen molar-refractivity contribution in [2.45, 2.75) is 69.2 Å². The van der Waals surface area contributed by atoms with Gasteiger partial charge in [0.2, 0.25) is 0 Å². The van der Waals surface area contributed by atoms with E-state index < -0.39 is 68.4 Å². The zero-order valence-electron chi connectivity index (χ0n) is 22.0. The van der Waals surface area contributed by atoms with E-state index in [2.05, 4.69) is 9.98 Å². The highest BCUT2D eigenvalue weighted by atomic mass is 16.7. The number of esters is 1. The smallest absolute Gasteiger partial charge is 0.303 e. The highest BCUT2D eigenvalue weighted by Crippen LogP contribution is 2.26. The maximum Gasteiger partial charge on any atom is 0.303 e. The molecule has 0 unspecified atom stereocenters. The second-order valence-electron chi connectivity index (χ2n) is 9.08. The van der Waals surface area contributed by atoms with E-state index >= 15 is 0 Å². The molecule has 0 aromatic heterocycles. The van der Waals surface area contributed by atoms with Crippen LogP contribution in [-0.2, 0) is 36.8 Å². The minimum absolute atomic E-state index is 0.252. The van der Waals surface area contributed by atoms with Crippen LogP contribution in [-0.4, -0.2) is 106 Å². The third-order valence-corrected chi connectivity index (χ3v) is 5.99. The van der Waals surface area contributed by atoms with Gasteiger partial charge in [0, 0.05) is 13.1 Å². The van der Waals surface area contributed by atoms with Gasteiger partial charge in [0.15, 0.2) is 18.7 Å². The number of aliphatic hydroxyl groups is 5. The lowest BCUT2D eigenvalue weighted by Crippen LogP contribution is -2.61. The molecule has 5 N–H and O–H groups in total. The first-order valence-corrected chi connectivity index (χ1v) is 12.8. The molecule has 1 fully saturated rings. The molecule has 1 saturated heterocycles. The van der Waals surface area contributed by atoms with E-state index in [0.29, 0.717) is 6.54 Å². The number of hydrogen-bond acceptors (Lipinski definition) is 12. The monoisotopic (exact) mass is 560 g/mol. The fourth-order valence-corrected chi connectivity index (χ4v) is 3.99. The molecule has 1 aliphatic heterocycles. The van der Waals surface area contributed by atoms with Crippen LogP contribution in [0.3, 0.4) is 0 Å². The molecule has 0 amide bonds. The summed E-state index contributed by atoms with van der Waals surface area (Å²) in [4.78, 5) is 20.1. The van der Waals surface area contributed by atoms with E-state index in [1.807, 2.05) is 60.7 Å². The zero-order chi connectivity index (χ0) is 28.9. The van der Waals surface area contributed by atoms with Crippen molar-refractivity contribution in [3.63, 3.8) is 0 Å². The lowest BCUT2D eigenvalue weighted by molar-refractivity contribution is -0.315. The topological polar surface area (TPSA) is 180 Å². The Hall–Kier alpha value is -3.07. The average Bonchev–Trinajstić information content (AvgIpc) is 2.95. The summed E-state index contributed by atoms with van der Waals surface area (Å²) in [5.41, 5.74) is 1.81. The van der Waals surface area contributed by atoms with Crippen LogP contribution >= 0.6 is 0 Å². The van der Waals surface area contributed by atoms with E-state index in [1.165, 1.54) is 12.4 Å². The Labute approximate surface area is 232 Å². The van der Waals surface area contributed by atoms with Crippen LogP contribution in [0.25, 0.3) is 0 Å². The SMILES string of the molecule is CC(=O)O[C@H]1[C@@H](O)[C@@H](CO)O[C@@H](O[C@H](C=NCc2ccccc2)[C@@H](CO)O[C@H](O)C=NCc2ccccc2)[C@@H]1O. The van der Waals surface area contributed by atoms with Crippen LogP contribution in [0, 0.1) is 0 Å². The van der Waals surface area contributed by atoms with Crippen molar-refractivity contribution in [2.24, 2.45) is 9.98 Å². The first-order valence-electron chi connectivity index (χ1n) is 12.8. The van der Waals surface area contributed by atoms with Crippen molar-refractivity contribution < 1.29 is 49.3 Å². The van der Waals surface area contributed by atoms with Crippen LogP contribution in [0.2, 0.25) is 0 Å². The second kappa shape index (κ2) is 16.3. The number of aliphatic hydroxyl groups excluding tert-OH is 5. The van der Waals surface area contributed by atoms with E-state index in [-0.39, 0.29) is 6.54 Å². The van der Waals surface area contributed by atoms with Gasteiger partial charge in [-0.05, 0) is 11.1 Å². The predicted octanol–water partition coefficient (Wildman–Crippen LogP) is -0.0198. The van der Waals surface area contributed by atoms with E-state index in [9.17, 15) is 30.3 Å². The quantitative estimate of drug-likeness (QED) is 0.120. The number of ether oxygens (including phenoxy) is 4. The molecule has 3 rings (SSSR count). The molecule has 1 heterocycles. The Morgan fingerprint density at radius 3 is 2.05 bits per heavy atom. The van der Waals surface area contributed by atoms with Gasteiger partial charge >= 0.3 is 5.97 Å². The molecular weight excluding hydrogens is 524 g/mol. The van der Waals surface area contributed by atoms with Gasteiger partial charge in [-0.3, -0.25) is 14.8 Å². The molecule has 0 radical (unpaired) electrons. The van der Waals surface area contributed by atoms with Crippen molar-refractivity contribution in [3.05, 3.63) is 71.8 Å². The molecule has 40 heavy (non-hydrogen) atoms. The fourth-order valence-electron chi connectivity index (χ4n) is 3.99. The van der Waals surface area contributed by atoms with Crippen LogP contribution < -0.4 is 0 Å². The molecule has 0 spiro atoms. The van der Waals surface area contributed by atoms with Crippen LogP contribution in [0.15, 0.2) is 70.6 Å². The number of carbonyl (C=O) groups excluding carboxylic acids is 1. The largest absolute Gasteiger partial charge is 0.457 e. The molecular formula is C28H36N2O10. The number of rotatable bonds is 14. The van der Waals surface area contributed by atoms with E-state index in [4.69, 9.17) is 18.9 Å². The van der Waals surface area contributed by atoms with Gasteiger partial charge in [-0.25, -0.2) is 0 Å². The molecule has 2 aromatic rings. The van der Waals surface area contributed by atoms with Crippen LogP contribution in [0.4, 0.5) is 0 Å². The van der Waals surface area contributed by atoms with Crippen molar-refractivity contribution in [1.29, 1.82) is 0 Å². The van der Waals surface area contributed by atoms with Gasteiger partial charge in [-0.1, -0.05) is 60.7 Å². The lowest BCUT2D eigenvalue weighted by Gasteiger charge is -2.42. The zero-order valence-corrected chi connectivity index (χ0v) is 22.0. The molecule has 12 heteroatoms. The van der Waals surface area contributed by atoms with Gasteiger partial charge in [0.05, 0.1) is 32.5 Å². The third-order valence-electron chi connectivity index (χ3n) is 5.99. The van der Waals surface area contributed by atoms with Gasteiger partial charge in [0.25, 0.3) is 0 Å². The molecule has 0 aliphatic carbocycles. The number of nitrogens with zero attached hydrogens (tertiary/aromatic N) is 2. The number of carbonyl (C=O) groups is 1. The normalized spacial score (nSPS) is 25.6. The molecule has 0 bridgehead atoms. The fraction of sp³-hybridized carbons (Fsp3) is 0.464. The molecule has 12 nitrogen and oxygen atoms in total. The van der Waals surface area contributed by atoms with Crippen LogP contribution in [0.1, 0.15) is 18.1 Å². The summed E-state index contributed by atoms with van der Waals surface area (Å²) in [5.74, 6) is -0.768. The van der Waals surface area contributed by atoms with Crippen LogP contribution in [0.5, 0.6) is 0 Å². The third kappa shape index (κ3) is 9.54. The van der Waals surface area contributed by atoms with Crippen molar-refractivity contribution >= 4 is 18.4 Å². The standard InChI is InChI=1S/C28H36N2O10/c1-18(33)37-27-25(35)23(17-32)40-28(26(27)36)39-21(14-29-12-19-8-4-2-5-9-19)22(16-31)38-24(34)15-30-13-20-10-6-3-7-11-20/h2-11,14-15,21-28,31-32,34-36H,12-13,16-17H2,1H3/t21-,22-,23-,24+,25+,26-,27+,28-/m1/s1. The van der Waals surface area contributed by atoms with Gasteiger partial charge in [-0.15, -0.1) is 0 Å². The van der Waals surface area contributed by atoms with Gasteiger partial charge < -0.3 is 44.5 Å². The van der Waals surface area contributed by atoms with E-state index in [1.54, 1.807) is 0 Å². The Kier molecular flexibility index (Phi) is 12.8. The summed E-state index contributed by atoms with van der Waals surface area (Å²) in [6.45, 7) is 0.368. The molecule has 0 saturated carbocycles. The summed E-state index contributed by atoms with van der Waals surface area (Å²) < 4.78 is 22.0. The molecule has 1 aliphatic rings. The Bertz CT molecular complexity index is 1070. The van der Waals surface area contributed by atoms with Gasteiger partial charge in [-0.2, -0.15) is 0 Å². The highest BCUT2D eigenvalue weighted by molar-refractivity contribution is 5.66. The first kappa shape index (κ1) is 31.5. The highest BCUT2D eigenvalue weighted by Gasteiger charge is 2.48. The summed E-state index contributed by atoms with van der Waals surface area (Å²) in [6, 6.07) is 18.7. The number of hydrogen-bond donors (Lipinski definition) is 5. The minimum atomic E-state index is -1.66. The maximum absolute atomic E-state index is 11.6. The average molecular weight is 561 g/mol. The maximum atomic E-state index is 11.6. The molecule has 8 atom stereocenters. The number of aliphatic imine (C=N–C) groups is 2. The first-order chi connectivity index (χ1) is 19.3. The summed E-state index contributed by atoms with van der Waals surface area (Å²) >= 11 is 0. The van der Waals surface area contributed by atoms with E-state index in [0.717, 1.165) is 18.1 Å². The predicted molar refractivity (Wildman–Crippen MR) is 143 cm³/mol. The molecule has 2 aromatic carbocycles. The number of benzene rings is 2. The van der Waals surface area contributed by atoms with Crippen molar-refractivity contribution in [3.8, 4) is 0 Å². The molecule has 218 valence electrons. The van der Waals surface area contributed by atoms with Crippen molar-refractivity contribution in [1.82, 2.24) is 0 Å². The Morgan fingerprint density at radius 1 is 0.950 bits per heavy atom. The second-order valence-corrected chi connectivity index (χ2v) is 9.08. The Morgan fingerprint density at radius 2 is 1.52 bits per heavy atom. The van der Waals surface area contributed by atoms with Crippen molar-refractivity contribution in [2.75, 3.05) is 13.2 Å². The Balaban J connectivity index is 1.76. The summed E-state index contributed by atoms with van der Waals surface area (Å²) in [6.07, 6.45) is -8.84. The summed E-state index contributed by atoms with van der Waals surface area (Å²) in [7, 11) is 0. The van der Waals surface area contributed by atoms with Gasteiger partial charge in [0.1, 0.15) is 30.5 Å².